The Bertz CT molecular complexity index is 1530. The molecule has 0 aliphatic carbocycles. The van der Waals surface area contributed by atoms with Crippen molar-refractivity contribution in [3.8, 4) is 22.7 Å². The summed E-state index contributed by atoms with van der Waals surface area (Å²) in [6, 6.07) is 24.3. The van der Waals surface area contributed by atoms with Gasteiger partial charge in [0.2, 0.25) is 0 Å². The second kappa shape index (κ2) is 12.0. The lowest BCUT2D eigenvalue weighted by atomic mass is 10.0. The molecule has 1 aliphatic heterocycles. The van der Waals surface area contributed by atoms with E-state index in [0.29, 0.717) is 22.4 Å². The van der Waals surface area contributed by atoms with Crippen LogP contribution in [0.5, 0.6) is 5.75 Å². The minimum Gasteiger partial charge on any atom is -0.493 e. The minimum atomic E-state index is -0.0835. The Kier molecular flexibility index (Phi) is 8.29. The van der Waals surface area contributed by atoms with Crippen molar-refractivity contribution >= 4 is 40.3 Å². The van der Waals surface area contributed by atoms with E-state index in [1.165, 1.54) is 17.3 Å². The van der Waals surface area contributed by atoms with Gasteiger partial charge in [0.05, 0.1) is 23.7 Å². The third kappa shape index (κ3) is 6.15. The molecule has 0 N–H and O–H groups in total. The molecule has 1 amide bonds. The first-order chi connectivity index (χ1) is 18.9. The number of nitrogens with zero attached hydrogens (tertiary/aromatic N) is 3. The van der Waals surface area contributed by atoms with Crippen LogP contribution in [0.1, 0.15) is 42.0 Å². The van der Waals surface area contributed by atoms with Crippen molar-refractivity contribution in [1.82, 2.24) is 14.7 Å². The molecule has 2 heterocycles. The first-order valence-electron chi connectivity index (χ1n) is 13.1. The van der Waals surface area contributed by atoms with E-state index in [9.17, 15) is 4.79 Å². The highest BCUT2D eigenvalue weighted by Crippen LogP contribution is 2.36. The van der Waals surface area contributed by atoms with Crippen LogP contribution in [0.15, 0.2) is 83.9 Å². The fourth-order valence-corrected chi connectivity index (χ4v) is 5.61. The Hall–Kier alpha value is -3.68. The molecule has 0 radical (unpaired) electrons. The summed E-state index contributed by atoms with van der Waals surface area (Å²) in [6.45, 7) is 7.41. The highest BCUT2D eigenvalue weighted by Gasteiger charge is 2.32. The van der Waals surface area contributed by atoms with Gasteiger partial charge in [0, 0.05) is 17.3 Å². The first-order valence-corrected chi connectivity index (χ1v) is 14.3. The average molecular weight is 554 g/mol. The van der Waals surface area contributed by atoms with Gasteiger partial charge in [-0.05, 0) is 67.8 Å². The quantitative estimate of drug-likeness (QED) is 0.121. The van der Waals surface area contributed by atoms with Gasteiger partial charge in [-0.25, -0.2) is 4.68 Å². The van der Waals surface area contributed by atoms with E-state index in [1.807, 2.05) is 78.5 Å². The van der Waals surface area contributed by atoms with Crippen LogP contribution in [0.3, 0.4) is 0 Å². The molecule has 0 spiro atoms. The molecule has 39 heavy (non-hydrogen) atoms. The molecule has 1 aliphatic rings. The molecular weight excluding hydrogens is 523 g/mol. The summed E-state index contributed by atoms with van der Waals surface area (Å²) in [5, 5.41) is 4.94. The number of unbranched alkanes of at least 4 members (excludes halogenated alkanes) is 1. The van der Waals surface area contributed by atoms with Crippen molar-refractivity contribution in [1.29, 1.82) is 0 Å². The van der Waals surface area contributed by atoms with Gasteiger partial charge >= 0.3 is 0 Å². The molecule has 5 rings (SSSR count). The van der Waals surface area contributed by atoms with Gasteiger partial charge < -0.3 is 4.74 Å². The molecule has 1 saturated heterocycles. The van der Waals surface area contributed by atoms with Crippen molar-refractivity contribution < 1.29 is 9.53 Å². The summed E-state index contributed by atoms with van der Waals surface area (Å²) < 4.78 is 8.39. The maximum Gasteiger partial charge on any atom is 0.266 e. The predicted molar refractivity (Wildman–Crippen MR) is 164 cm³/mol. The molecule has 0 saturated carbocycles. The Morgan fingerprint density at radius 1 is 1.03 bits per heavy atom. The van der Waals surface area contributed by atoms with Crippen LogP contribution in [0.2, 0.25) is 0 Å². The molecular formula is C32H31N3O2S2. The molecule has 3 aromatic carbocycles. The van der Waals surface area contributed by atoms with E-state index >= 15 is 0 Å². The van der Waals surface area contributed by atoms with Crippen molar-refractivity contribution in [3.05, 3.63) is 106 Å². The summed E-state index contributed by atoms with van der Waals surface area (Å²) in [5.74, 6) is 0.799. The maximum atomic E-state index is 13.4. The Morgan fingerprint density at radius 3 is 2.51 bits per heavy atom. The van der Waals surface area contributed by atoms with E-state index in [2.05, 4.69) is 32.0 Å². The van der Waals surface area contributed by atoms with Crippen LogP contribution in [0.4, 0.5) is 0 Å². The van der Waals surface area contributed by atoms with Crippen molar-refractivity contribution in [3.63, 3.8) is 0 Å². The monoisotopic (exact) mass is 553 g/mol. The van der Waals surface area contributed by atoms with E-state index in [4.69, 9.17) is 22.1 Å². The second-order valence-electron chi connectivity index (χ2n) is 9.65. The third-order valence-corrected chi connectivity index (χ3v) is 7.97. The SMILES string of the molecule is CCCCOc1ccc(-c2nn(-c3ccccc3)cc2C=C2SC(=S)N(Cc3ccc(C)cc3)C2=O)cc1C. The molecule has 1 fully saturated rings. The number of thioether (sulfide) groups is 1. The number of thiocarbonyl (C=S) groups is 1. The zero-order valence-corrected chi connectivity index (χ0v) is 24.0. The standard InChI is InChI=1S/C32H31N3O2S2/c1-4-5-17-37-28-16-15-25(18-23(28)3)30-26(21-35(33-30)27-9-7-6-8-10-27)19-29-31(36)34(32(38)39-29)20-24-13-11-22(2)12-14-24/h6-16,18-19,21H,4-5,17,20H2,1-3H3. The number of para-hydroxylation sites is 1. The molecule has 1 aromatic heterocycles. The fourth-order valence-electron chi connectivity index (χ4n) is 4.37. The first kappa shape index (κ1) is 26.9. The Morgan fingerprint density at radius 2 is 1.79 bits per heavy atom. The number of benzene rings is 3. The van der Waals surface area contributed by atoms with Crippen LogP contribution in [0.25, 0.3) is 23.0 Å². The smallest absolute Gasteiger partial charge is 0.266 e. The number of amides is 1. The number of carbonyl (C=O) groups excluding carboxylic acids is 1. The number of rotatable bonds is 9. The fraction of sp³-hybridized carbons (Fsp3) is 0.219. The van der Waals surface area contributed by atoms with Gasteiger partial charge in [0.1, 0.15) is 15.8 Å². The lowest BCUT2D eigenvalue weighted by molar-refractivity contribution is -0.122. The van der Waals surface area contributed by atoms with E-state index in [-0.39, 0.29) is 5.91 Å². The van der Waals surface area contributed by atoms with Gasteiger partial charge in [-0.2, -0.15) is 5.10 Å². The zero-order chi connectivity index (χ0) is 27.4. The van der Waals surface area contributed by atoms with E-state index < -0.39 is 0 Å². The molecule has 198 valence electrons. The summed E-state index contributed by atoms with van der Waals surface area (Å²) in [7, 11) is 0. The molecule has 0 bridgehead atoms. The van der Waals surface area contributed by atoms with Crippen molar-refractivity contribution in [2.75, 3.05) is 6.61 Å². The van der Waals surface area contributed by atoms with Crippen LogP contribution >= 0.6 is 24.0 Å². The van der Waals surface area contributed by atoms with Crippen LogP contribution < -0.4 is 4.74 Å². The number of aryl methyl sites for hydroxylation is 2. The Balaban J connectivity index is 1.49. The number of carbonyl (C=O) groups is 1. The molecule has 7 heteroatoms. The Labute approximate surface area is 239 Å². The van der Waals surface area contributed by atoms with E-state index in [0.717, 1.165) is 52.2 Å². The average Bonchev–Trinajstić information content (AvgIpc) is 3.48. The maximum absolute atomic E-state index is 13.4. The van der Waals surface area contributed by atoms with Gasteiger partial charge in [0.15, 0.2) is 0 Å². The summed E-state index contributed by atoms with van der Waals surface area (Å²) in [4.78, 5) is 15.7. The summed E-state index contributed by atoms with van der Waals surface area (Å²) >= 11 is 6.95. The lowest BCUT2D eigenvalue weighted by Crippen LogP contribution is -2.27. The lowest BCUT2D eigenvalue weighted by Gasteiger charge is -2.14. The van der Waals surface area contributed by atoms with Gasteiger partial charge in [-0.1, -0.05) is 85.4 Å². The molecule has 0 atom stereocenters. The number of hydrogen-bond donors (Lipinski definition) is 0. The highest BCUT2D eigenvalue weighted by atomic mass is 32.2. The van der Waals surface area contributed by atoms with Gasteiger partial charge in [-0.3, -0.25) is 9.69 Å². The second-order valence-corrected chi connectivity index (χ2v) is 11.3. The van der Waals surface area contributed by atoms with Crippen molar-refractivity contribution in [2.45, 2.75) is 40.2 Å². The zero-order valence-electron chi connectivity index (χ0n) is 22.4. The molecule has 0 unspecified atom stereocenters. The van der Waals surface area contributed by atoms with Crippen LogP contribution in [0, 0.1) is 13.8 Å². The normalized spacial score (nSPS) is 14.4. The summed E-state index contributed by atoms with van der Waals surface area (Å²) in [6.07, 6.45) is 6.00. The number of aromatic nitrogens is 2. The van der Waals surface area contributed by atoms with Crippen molar-refractivity contribution in [2.24, 2.45) is 0 Å². The van der Waals surface area contributed by atoms with Crippen LogP contribution in [-0.4, -0.2) is 31.5 Å². The van der Waals surface area contributed by atoms with Gasteiger partial charge in [0.25, 0.3) is 5.91 Å². The highest BCUT2D eigenvalue weighted by molar-refractivity contribution is 8.26. The predicted octanol–water partition coefficient (Wildman–Crippen LogP) is 7.74. The van der Waals surface area contributed by atoms with E-state index in [1.54, 1.807) is 4.90 Å². The number of hydrogen-bond acceptors (Lipinski definition) is 5. The minimum absolute atomic E-state index is 0.0835. The third-order valence-electron chi connectivity index (χ3n) is 6.59. The largest absolute Gasteiger partial charge is 0.493 e. The topological polar surface area (TPSA) is 47.4 Å². The summed E-state index contributed by atoms with van der Waals surface area (Å²) in [5.41, 5.74) is 6.84. The molecule has 5 nitrogen and oxygen atoms in total. The molecule has 4 aromatic rings. The van der Waals surface area contributed by atoms with Gasteiger partial charge in [-0.15, -0.1) is 0 Å². The van der Waals surface area contributed by atoms with Crippen LogP contribution in [-0.2, 0) is 11.3 Å². The number of ether oxygens (including phenoxy) is 1.